The highest BCUT2D eigenvalue weighted by Gasteiger charge is 2.45. The van der Waals surface area contributed by atoms with Gasteiger partial charge in [0.25, 0.3) is 6.17 Å². The number of para-hydroxylation sites is 1. The molecule has 1 aromatic heterocycles. The molecule has 0 saturated heterocycles. The lowest BCUT2D eigenvalue weighted by Crippen LogP contribution is -2.60. The van der Waals surface area contributed by atoms with Crippen LogP contribution in [0, 0.1) is 0 Å². The van der Waals surface area contributed by atoms with Crippen molar-refractivity contribution >= 4 is 23.4 Å². The van der Waals surface area contributed by atoms with E-state index in [1.165, 1.54) is 11.8 Å². The number of H-pyrrole nitrogens is 1. The van der Waals surface area contributed by atoms with Crippen LogP contribution in [0.4, 0.5) is 5.69 Å². The summed E-state index contributed by atoms with van der Waals surface area (Å²) in [6.07, 6.45) is 1.51. The molecule has 2 aromatic carbocycles. The van der Waals surface area contributed by atoms with E-state index in [1.54, 1.807) is 9.58 Å². The number of nitrogens with one attached hydrogen (secondary N) is 1. The van der Waals surface area contributed by atoms with Crippen molar-refractivity contribution in [2.45, 2.75) is 24.7 Å². The molecule has 3 aromatic rings. The van der Waals surface area contributed by atoms with Crippen molar-refractivity contribution < 1.29 is 19.0 Å². The number of thioether (sulfide) groups is 1. The number of benzene rings is 2. The van der Waals surface area contributed by atoms with Crippen molar-refractivity contribution in [2.24, 2.45) is 0 Å². The maximum absolute atomic E-state index is 13.1. The minimum atomic E-state index is -0.634. The number of aromatic amines is 1. The molecule has 30 heavy (non-hydrogen) atoms. The average molecular weight is 423 g/mol. The summed E-state index contributed by atoms with van der Waals surface area (Å²) in [4.78, 5) is 30.7. The molecule has 8 nitrogen and oxygen atoms in total. The summed E-state index contributed by atoms with van der Waals surface area (Å²) in [6, 6.07) is 12.9. The lowest BCUT2D eigenvalue weighted by molar-refractivity contribution is -0.763. The van der Waals surface area contributed by atoms with Crippen molar-refractivity contribution in [2.75, 3.05) is 17.9 Å². The first kappa shape index (κ1) is 18.7. The van der Waals surface area contributed by atoms with Crippen molar-refractivity contribution in [1.29, 1.82) is 0 Å². The quantitative estimate of drug-likeness (QED) is 0.514. The van der Waals surface area contributed by atoms with Gasteiger partial charge in [0.05, 0.1) is 11.3 Å². The topological polar surface area (TPSA) is 88.4 Å². The van der Waals surface area contributed by atoms with E-state index in [2.05, 4.69) is 10.1 Å². The van der Waals surface area contributed by atoms with Gasteiger partial charge in [-0.3, -0.25) is 14.6 Å². The highest BCUT2D eigenvalue weighted by molar-refractivity contribution is 7.98. The zero-order valence-electron chi connectivity index (χ0n) is 16.4. The molecule has 0 bridgehead atoms. The first-order valence-electron chi connectivity index (χ1n) is 9.53. The molecule has 1 unspecified atom stereocenters. The number of ether oxygens (including phenoxy) is 2. The van der Waals surface area contributed by atoms with E-state index in [0.29, 0.717) is 40.0 Å². The zero-order valence-corrected chi connectivity index (χ0v) is 17.2. The van der Waals surface area contributed by atoms with Crippen molar-refractivity contribution in [3.8, 4) is 22.8 Å². The van der Waals surface area contributed by atoms with Gasteiger partial charge in [0.1, 0.15) is 0 Å². The van der Waals surface area contributed by atoms with E-state index in [4.69, 9.17) is 9.47 Å². The second-order valence-corrected chi connectivity index (χ2v) is 7.67. The van der Waals surface area contributed by atoms with Crippen LogP contribution in [0.2, 0.25) is 0 Å². The molecular formula is C21H19N4O4S+. The molecule has 0 spiro atoms. The van der Waals surface area contributed by atoms with Gasteiger partial charge in [-0.15, -0.1) is 0 Å². The molecule has 1 amide bonds. The first-order valence-corrected chi connectivity index (χ1v) is 10.8. The number of nitrogens with zero attached hydrogens (tertiary/aromatic N) is 3. The summed E-state index contributed by atoms with van der Waals surface area (Å²) in [7, 11) is 0. The van der Waals surface area contributed by atoms with Gasteiger partial charge in [0.15, 0.2) is 11.5 Å². The number of carbonyl (C=O) groups is 1. The molecule has 0 saturated carbocycles. The monoisotopic (exact) mass is 423 g/mol. The van der Waals surface area contributed by atoms with Gasteiger partial charge in [-0.2, -0.15) is 0 Å². The third-order valence-corrected chi connectivity index (χ3v) is 5.79. The third kappa shape index (κ3) is 2.77. The van der Waals surface area contributed by atoms with Crippen LogP contribution in [0.15, 0.2) is 52.4 Å². The van der Waals surface area contributed by atoms with E-state index < -0.39 is 6.17 Å². The van der Waals surface area contributed by atoms with Crippen molar-refractivity contribution in [3.63, 3.8) is 0 Å². The summed E-state index contributed by atoms with van der Waals surface area (Å²) < 4.78 is 12.6. The predicted molar refractivity (Wildman–Crippen MR) is 111 cm³/mol. The molecule has 1 atom stereocenters. The SMILES string of the molecule is CCC(=O)N1c2ccccc2-c2c(=O)[nH]c(SC)n[n+]2C1c1ccc2c(c1)OCO2. The fraction of sp³-hybridized carbons (Fsp3) is 0.238. The second kappa shape index (κ2) is 7.17. The molecule has 152 valence electrons. The fourth-order valence-electron chi connectivity index (χ4n) is 3.88. The van der Waals surface area contributed by atoms with Crippen LogP contribution < -0.4 is 24.6 Å². The number of anilines is 1. The molecule has 3 heterocycles. The van der Waals surface area contributed by atoms with Gasteiger partial charge >= 0.3 is 11.3 Å². The van der Waals surface area contributed by atoms with Crippen molar-refractivity contribution in [3.05, 3.63) is 58.4 Å². The Morgan fingerprint density at radius 3 is 2.87 bits per heavy atom. The minimum absolute atomic E-state index is 0.0731. The van der Waals surface area contributed by atoms with Crippen LogP contribution in [0.5, 0.6) is 11.5 Å². The van der Waals surface area contributed by atoms with Crippen molar-refractivity contribution in [1.82, 2.24) is 10.1 Å². The van der Waals surface area contributed by atoms with Crippen LogP contribution in [-0.4, -0.2) is 29.0 Å². The van der Waals surface area contributed by atoms with E-state index in [1.807, 2.05) is 55.6 Å². The number of rotatable bonds is 3. The first-order chi connectivity index (χ1) is 14.6. The average Bonchev–Trinajstić information content (AvgIpc) is 3.25. The molecule has 2 aliphatic heterocycles. The molecule has 1 N–H and O–H groups in total. The summed E-state index contributed by atoms with van der Waals surface area (Å²) in [5.41, 5.74) is 2.27. The maximum Gasteiger partial charge on any atom is 0.325 e. The van der Waals surface area contributed by atoms with E-state index in [0.717, 1.165) is 5.56 Å². The summed E-state index contributed by atoms with van der Waals surface area (Å²) in [5.74, 6) is 1.18. The number of fused-ring (bicyclic) bond motifs is 4. The molecule has 9 heteroatoms. The van der Waals surface area contributed by atoms with E-state index >= 15 is 0 Å². The lowest BCUT2D eigenvalue weighted by atomic mass is 10.0. The largest absolute Gasteiger partial charge is 0.454 e. The molecule has 0 fully saturated rings. The number of carbonyl (C=O) groups excluding carboxylic acids is 1. The van der Waals surface area contributed by atoms with Gasteiger partial charge in [0, 0.05) is 17.1 Å². The van der Waals surface area contributed by atoms with Gasteiger partial charge in [0.2, 0.25) is 17.9 Å². The molecule has 0 aliphatic carbocycles. The summed E-state index contributed by atoms with van der Waals surface area (Å²) in [6.45, 7) is 1.97. The standard InChI is InChI=1S/C21H18N4O4S/c1-3-17(26)24-14-7-5-4-6-13(14)18-19(27)22-21(30-2)23-25(18)20(24)12-8-9-15-16(10-12)29-11-28-15/h4-10,20H,3,11H2,1-2H3/p+1. The van der Waals surface area contributed by atoms with E-state index in [9.17, 15) is 9.59 Å². The lowest BCUT2D eigenvalue weighted by Gasteiger charge is -2.32. The van der Waals surface area contributed by atoms with Crippen LogP contribution in [0.1, 0.15) is 25.1 Å². The Balaban J connectivity index is 1.82. The fourth-order valence-corrected chi connectivity index (χ4v) is 4.24. The minimum Gasteiger partial charge on any atom is -0.454 e. The third-order valence-electron chi connectivity index (χ3n) is 5.22. The molecular weight excluding hydrogens is 404 g/mol. The molecule has 5 rings (SSSR count). The predicted octanol–water partition coefficient (Wildman–Crippen LogP) is 2.48. The van der Waals surface area contributed by atoms with Crippen LogP contribution in [-0.2, 0) is 4.79 Å². The Kier molecular flexibility index (Phi) is 4.47. The van der Waals surface area contributed by atoms with Crippen LogP contribution >= 0.6 is 11.8 Å². The van der Waals surface area contributed by atoms with Gasteiger partial charge in [-0.25, -0.2) is 4.90 Å². The number of aromatic nitrogens is 3. The normalized spacial score (nSPS) is 16.2. The zero-order chi connectivity index (χ0) is 20.8. The second-order valence-electron chi connectivity index (χ2n) is 6.88. The van der Waals surface area contributed by atoms with E-state index in [-0.39, 0.29) is 18.3 Å². The number of hydrogen-bond acceptors (Lipinski definition) is 6. The molecule has 0 radical (unpaired) electrons. The van der Waals surface area contributed by atoms with Gasteiger partial charge in [-0.05, 0) is 41.3 Å². The van der Waals surface area contributed by atoms with Crippen LogP contribution in [0.3, 0.4) is 0 Å². The number of amides is 1. The Labute approximate surface area is 176 Å². The smallest absolute Gasteiger partial charge is 0.325 e. The Morgan fingerprint density at radius 2 is 2.07 bits per heavy atom. The number of hydrogen-bond donors (Lipinski definition) is 1. The summed E-state index contributed by atoms with van der Waals surface area (Å²) >= 11 is 1.33. The van der Waals surface area contributed by atoms with Gasteiger partial charge in [-0.1, -0.05) is 30.8 Å². The highest BCUT2D eigenvalue weighted by Crippen LogP contribution is 2.40. The maximum atomic E-state index is 13.1. The van der Waals surface area contributed by atoms with Crippen LogP contribution in [0.25, 0.3) is 11.3 Å². The van der Waals surface area contributed by atoms with Gasteiger partial charge < -0.3 is 9.47 Å². The Morgan fingerprint density at radius 1 is 1.27 bits per heavy atom. The Bertz CT molecular complexity index is 1230. The highest BCUT2D eigenvalue weighted by atomic mass is 32.2. The molecule has 2 aliphatic rings. The summed E-state index contributed by atoms with van der Waals surface area (Å²) in [5, 5.41) is 5.14. The Hall–Kier alpha value is -3.33.